The third kappa shape index (κ3) is 4.51. The van der Waals surface area contributed by atoms with Gasteiger partial charge in [-0.2, -0.15) is 5.10 Å². The number of ether oxygens (including phenoxy) is 1. The summed E-state index contributed by atoms with van der Waals surface area (Å²) in [4.78, 5) is 12.5. The van der Waals surface area contributed by atoms with Gasteiger partial charge < -0.3 is 4.74 Å². The second kappa shape index (κ2) is 7.45. The van der Waals surface area contributed by atoms with Gasteiger partial charge in [-0.1, -0.05) is 25.1 Å². The van der Waals surface area contributed by atoms with Crippen molar-refractivity contribution < 1.29 is 9.53 Å². The molecule has 1 heterocycles. The van der Waals surface area contributed by atoms with E-state index in [1.165, 1.54) is 5.56 Å². The number of amides is 1. The number of nitrogens with one attached hydrogen (secondary N) is 1. The third-order valence-electron chi connectivity index (χ3n) is 2.63. The lowest BCUT2D eigenvalue weighted by Gasteiger charge is -2.05. The Balaban J connectivity index is 1.74. The highest BCUT2D eigenvalue weighted by molar-refractivity contribution is 7.11. The van der Waals surface area contributed by atoms with Crippen LogP contribution in [0.1, 0.15) is 17.4 Å². The minimum Gasteiger partial charge on any atom is -0.484 e. The first-order chi connectivity index (χ1) is 9.78. The number of nitrogens with zero attached hydrogens (tertiary/aromatic N) is 1. The number of aryl methyl sites for hydroxylation is 1. The lowest BCUT2D eigenvalue weighted by atomic mass is 10.2. The second-order valence-electron chi connectivity index (χ2n) is 4.09. The van der Waals surface area contributed by atoms with E-state index >= 15 is 0 Å². The summed E-state index contributed by atoms with van der Waals surface area (Å²) in [6, 6.07) is 11.6. The molecule has 0 aliphatic heterocycles. The number of hydrazone groups is 1. The van der Waals surface area contributed by atoms with E-state index in [0.29, 0.717) is 5.75 Å². The predicted molar refractivity (Wildman–Crippen MR) is 81.4 cm³/mol. The fraction of sp³-hybridized carbons (Fsp3) is 0.200. The molecule has 5 heteroatoms. The van der Waals surface area contributed by atoms with Crippen molar-refractivity contribution >= 4 is 23.5 Å². The molecule has 0 spiro atoms. The quantitative estimate of drug-likeness (QED) is 0.656. The van der Waals surface area contributed by atoms with E-state index in [2.05, 4.69) is 17.5 Å². The van der Waals surface area contributed by atoms with Crippen LogP contribution in [0.4, 0.5) is 0 Å². The van der Waals surface area contributed by atoms with Crippen LogP contribution in [-0.2, 0) is 11.2 Å². The van der Waals surface area contributed by atoms with Crippen LogP contribution in [0, 0.1) is 0 Å². The van der Waals surface area contributed by atoms with Crippen molar-refractivity contribution in [1.29, 1.82) is 0 Å². The molecule has 0 atom stereocenters. The van der Waals surface area contributed by atoms with E-state index in [4.69, 9.17) is 4.74 Å². The molecule has 0 saturated heterocycles. The van der Waals surface area contributed by atoms with Gasteiger partial charge in [0.1, 0.15) is 5.75 Å². The lowest BCUT2D eigenvalue weighted by Crippen LogP contribution is -2.24. The van der Waals surface area contributed by atoms with Gasteiger partial charge in [0.15, 0.2) is 6.61 Å². The summed E-state index contributed by atoms with van der Waals surface area (Å²) in [5.41, 5.74) is 3.66. The highest BCUT2D eigenvalue weighted by atomic mass is 32.1. The second-order valence-corrected chi connectivity index (χ2v) is 5.07. The molecule has 1 N–H and O–H groups in total. The number of hydrogen-bond acceptors (Lipinski definition) is 4. The van der Waals surface area contributed by atoms with Gasteiger partial charge in [-0.3, -0.25) is 4.79 Å². The van der Waals surface area contributed by atoms with Crippen molar-refractivity contribution in [2.45, 2.75) is 13.3 Å². The summed E-state index contributed by atoms with van der Waals surface area (Å²) in [5.74, 6) is 0.400. The van der Waals surface area contributed by atoms with Crippen LogP contribution in [0.3, 0.4) is 0 Å². The Labute approximate surface area is 122 Å². The van der Waals surface area contributed by atoms with E-state index in [0.717, 1.165) is 11.3 Å². The maximum Gasteiger partial charge on any atom is 0.277 e. The minimum absolute atomic E-state index is 0.0484. The van der Waals surface area contributed by atoms with E-state index in [1.807, 2.05) is 41.8 Å². The van der Waals surface area contributed by atoms with E-state index in [-0.39, 0.29) is 12.5 Å². The molecule has 20 heavy (non-hydrogen) atoms. The normalized spacial score (nSPS) is 10.7. The molecular weight excluding hydrogens is 272 g/mol. The summed E-state index contributed by atoms with van der Waals surface area (Å²) in [7, 11) is 0. The average molecular weight is 288 g/mol. The molecule has 0 aliphatic rings. The van der Waals surface area contributed by atoms with Gasteiger partial charge in [-0.15, -0.1) is 11.3 Å². The van der Waals surface area contributed by atoms with Crippen molar-refractivity contribution in [2.24, 2.45) is 5.10 Å². The molecule has 2 aromatic rings. The third-order valence-corrected chi connectivity index (χ3v) is 3.43. The fourth-order valence-corrected chi connectivity index (χ4v) is 2.12. The fourth-order valence-electron chi connectivity index (χ4n) is 1.54. The Morgan fingerprint density at radius 2 is 2.15 bits per heavy atom. The Bertz CT molecular complexity index is 562. The molecule has 104 valence electrons. The van der Waals surface area contributed by atoms with Crippen molar-refractivity contribution in [3.8, 4) is 5.75 Å². The number of hydrogen-bond donors (Lipinski definition) is 1. The summed E-state index contributed by atoms with van der Waals surface area (Å²) in [6.07, 6.45) is 2.59. The van der Waals surface area contributed by atoms with Gasteiger partial charge in [0.2, 0.25) is 0 Å². The molecule has 4 nitrogen and oxygen atoms in total. The maximum absolute atomic E-state index is 11.5. The first kappa shape index (κ1) is 14.3. The average Bonchev–Trinajstić information content (AvgIpc) is 2.99. The van der Waals surface area contributed by atoms with Crippen LogP contribution >= 0.6 is 11.3 Å². The van der Waals surface area contributed by atoms with Gasteiger partial charge in [0.25, 0.3) is 5.91 Å². The van der Waals surface area contributed by atoms with Crippen LogP contribution in [0.25, 0.3) is 0 Å². The predicted octanol–water partition coefficient (Wildman–Crippen LogP) is 2.84. The number of carbonyl (C=O) groups is 1. The molecule has 0 radical (unpaired) electrons. The Morgan fingerprint density at radius 3 is 2.80 bits per heavy atom. The van der Waals surface area contributed by atoms with Crippen LogP contribution in [-0.4, -0.2) is 18.7 Å². The van der Waals surface area contributed by atoms with Crippen LogP contribution in [0.5, 0.6) is 5.75 Å². The van der Waals surface area contributed by atoms with Gasteiger partial charge in [0.05, 0.1) is 6.21 Å². The van der Waals surface area contributed by atoms with Gasteiger partial charge in [0, 0.05) is 4.88 Å². The number of rotatable bonds is 6. The van der Waals surface area contributed by atoms with E-state index in [1.54, 1.807) is 17.6 Å². The Morgan fingerprint density at radius 1 is 1.35 bits per heavy atom. The Kier molecular flexibility index (Phi) is 5.32. The number of benzene rings is 1. The Hall–Kier alpha value is -2.14. The van der Waals surface area contributed by atoms with Crippen molar-refractivity contribution in [3.63, 3.8) is 0 Å². The first-order valence-electron chi connectivity index (χ1n) is 6.35. The standard InChI is InChI=1S/C15H16N2O2S/c1-2-12-5-7-13(8-6-12)19-11-15(18)17-16-10-14-4-3-9-20-14/h3-10H,2,11H2,1H3,(H,17,18)/b16-10+. The lowest BCUT2D eigenvalue weighted by molar-refractivity contribution is -0.123. The first-order valence-corrected chi connectivity index (χ1v) is 7.23. The largest absolute Gasteiger partial charge is 0.484 e. The van der Waals surface area contributed by atoms with Crippen molar-refractivity contribution in [2.75, 3.05) is 6.61 Å². The van der Waals surface area contributed by atoms with E-state index < -0.39 is 0 Å². The monoisotopic (exact) mass is 288 g/mol. The summed E-state index contributed by atoms with van der Waals surface area (Å²) < 4.78 is 5.37. The summed E-state index contributed by atoms with van der Waals surface area (Å²) in [6.45, 7) is 2.04. The highest BCUT2D eigenvalue weighted by Crippen LogP contribution is 2.12. The summed E-state index contributed by atoms with van der Waals surface area (Å²) >= 11 is 1.56. The zero-order chi connectivity index (χ0) is 14.2. The molecule has 0 aliphatic carbocycles. The van der Waals surface area contributed by atoms with Gasteiger partial charge in [-0.05, 0) is 35.6 Å². The molecule has 0 unspecified atom stereocenters. The molecule has 0 saturated carbocycles. The summed E-state index contributed by atoms with van der Waals surface area (Å²) in [5, 5.41) is 5.81. The molecule has 2 rings (SSSR count). The molecule has 1 aromatic carbocycles. The van der Waals surface area contributed by atoms with Crippen molar-refractivity contribution in [1.82, 2.24) is 5.43 Å². The van der Waals surface area contributed by atoms with Gasteiger partial charge >= 0.3 is 0 Å². The molecular formula is C15H16N2O2S. The molecule has 0 fully saturated rings. The van der Waals surface area contributed by atoms with E-state index in [9.17, 15) is 4.79 Å². The SMILES string of the molecule is CCc1ccc(OCC(=O)N/N=C/c2cccs2)cc1. The molecule has 1 aromatic heterocycles. The number of thiophene rings is 1. The molecule has 0 bridgehead atoms. The zero-order valence-electron chi connectivity index (χ0n) is 11.2. The van der Waals surface area contributed by atoms with Crippen molar-refractivity contribution in [3.05, 3.63) is 52.2 Å². The van der Waals surface area contributed by atoms with Gasteiger partial charge in [-0.25, -0.2) is 5.43 Å². The highest BCUT2D eigenvalue weighted by Gasteiger charge is 2.01. The topological polar surface area (TPSA) is 50.7 Å². The van der Waals surface area contributed by atoms with Crippen LogP contribution in [0.15, 0.2) is 46.9 Å². The number of carbonyl (C=O) groups excluding carboxylic acids is 1. The maximum atomic E-state index is 11.5. The minimum atomic E-state index is -0.280. The smallest absolute Gasteiger partial charge is 0.277 e. The van der Waals surface area contributed by atoms with Crippen LogP contribution < -0.4 is 10.2 Å². The van der Waals surface area contributed by atoms with Crippen LogP contribution in [0.2, 0.25) is 0 Å². The zero-order valence-corrected chi connectivity index (χ0v) is 12.0. The molecule has 1 amide bonds.